The second kappa shape index (κ2) is 6.56. The third-order valence-electron chi connectivity index (χ3n) is 4.99. The number of nitrogens with zero attached hydrogens (tertiary/aromatic N) is 2. The number of amides is 2. The highest BCUT2D eigenvalue weighted by Gasteiger charge is 2.39. The molecule has 0 spiro atoms. The van der Waals surface area contributed by atoms with Crippen molar-refractivity contribution in [1.82, 2.24) is 0 Å². The molecule has 4 nitrogen and oxygen atoms in total. The van der Waals surface area contributed by atoms with Gasteiger partial charge < -0.3 is 9.80 Å². The minimum Gasteiger partial charge on any atom is -0.312 e. The summed E-state index contributed by atoms with van der Waals surface area (Å²) in [6.07, 6.45) is 3.20. The summed E-state index contributed by atoms with van der Waals surface area (Å²) in [4.78, 5) is 30.2. The molecular formula is C20H20N2O2S. The van der Waals surface area contributed by atoms with Crippen molar-refractivity contribution in [3.05, 3.63) is 54.1 Å². The SMILES string of the molecule is CSc1cccc(N2CC(C(=O)N3CCc4ccccc43)CC2=O)c1. The van der Waals surface area contributed by atoms with Crippen LogP contribution in [0.15, 0.2) is 53.4 Å². The predicted molar refractivity (Wildman–Crippen MR) is 101 cm³/mol. The van der Waals surface area contributed by atoms with Gasteiger partial charge in [0.25, 0.3) is 0 Å². The fourth-order valence-corrected chi connectivity index (χ4v) is 4.14. The van der Waals surface area contributed by atoms with E-state index in [0.717, 1.165) is 22.7 Å². The quantitative estimate of drug-likeness (QED) is 0.796. The van der Waals surface area contributed by atoms with E-state index in [0.29, 0.717) is 19.5 Å². The summed E-state index contributed by atoms with van der Waals surface area (Å²) in [6, 6.07) is 16.0. The molecule has 2 aliphatic heterocycles. The molecule has 2 aromatic carbocycles. The Kier molecular flexibility index (Phi) is 4.25. The highest BCUT2D eigenvalue weighted by Crippen LogP contribution is 2.33. The molecule has 1 unspecified atom stereocenters. The molecule has 1 fully saturated rings. The Morgan fingerprint density at radius 1 is 1.16 bits per heavy atom. The number of thioether (sulfide) groups is 1. The van der Waals surface area contributed by atoms with Crippen LogP contribution in [0.25, 0.3) is 0 Å². The van der Waals surface area contributed by atoms with Crippen LogP contribution in [0.3, 0.4) is 0 Å². The van der Waals surface area contributed by atoms with Gasteiger partial charge in [0, 0.05) is 35.8 Å². The number of hydrogen-bond donors (Lipinski definition) is 0. The Balaban J connectivity index is 1.53. The summed E-state index contributed by atoms with van der Waals surface area (Å²) in [7, 11) is 0. The summed E-state index contributed by atoms with van der Waals surface area (Å²) in [5, 5.41) is 0. The molecule has 128 valence electrons. The van der Waals surface area contributed by atoms with E-state index >= 15 is 0 Å². The molecule has 0 N–H and O–H groups in total. The normalized spacial score (nSPS) is 19.4. The number of carbonyl (C=O) groups is 2. The zero-order valence-corrected chi connectivity index (χ0v) is 15.0. The van der Waals surface area contributed by atoms with Gasteiger partial charge in [-0.2, -0.15) is 0 Å². The topological polar surface area (TPSA) is 40.6 Å². The van der Waals surface area contributed by atoms with Crippen molar-refractivity contribution < 1.29 is 9.59 Å². The van der Waals surface area contributed by atoms with Gasteiger partial charge in [-0.05, 0) is 42.5 Å². The Hall–Kier alpha value is -2.27. The Bertz CT molecular complexity index is 836. The average Bonchev–Trinajstić information content (AvgIpc) is 3.25. The second-order valence-corrected chi connectivity index (χ2v) is 7.36. The Labute approximate surface area is 151 Å². The van der Waals surface area contributed by atoms with E-state index < -0.39 is 0 Å². The molecule has 2 aromatic rings. The van der Waals surface area contributed by atoms with Crippen molar-refractivity contribution in [2.75, 3.05) is 29.1 Å². The summed E-state index contributed by atoms with van der Waals surface area (Å²) in [5.74, 6) is -0.164. The predicted octanol–water partition coefficient (Wildman–Crippen LogP) is 3.35. The van der Waals surface area contributed by atoms with Crippen molar-refractivity contribution in [1.29, 1.82) is 0 Å². The molecule has 0 aromatic heterocycles. The van der Waals surface area contributed by atoms with Crippen molar-refractivity contribution >= 4 is 35.0 Å². The van der Waals surface area contributed by atoms with Crippen molar-refractivity contribution in [2.45, 2.75) is 17.7 Å². The number of anilines is 2. The van der Waals surface area contributed by atoms with Crippen LogP contribution in [-0.4, -0.2) is 31.2 Å². The van der Waals surface area contributed by atoms with Crippen LogP contribution in [0.1, 0.15) is 12.0 Å². The highest BCUT2D eigenvalue weighted by molar-refractivity contribution is 7.98. The van der Waals surface area contributed by atoms with Crippen LogP contribution in [-0.2, 0) is 16.0 Å². The maximum absolute atomic E-state index is 13.0. The van der Waals surface area contributed by atoms with Gasteiger partial charge in [-0.15, -0.1) is 11.8 Å². The molecule has 2 amide bonds. The number of para-hydroxylation sites is 1. The smallest absolute Gasteiger partial charge is 0.232 e. The standard InChI is InChI=1S/C20H20N2O2S/c1-25-17-7-4-6-16(12-17)22-13-15(11-19(22)23)20(24)21-10-9-14-5-2-3-8-18(14)21/h2-8,12,15H,9-11,13H2,1H3. The lowest BCUT2D eigenvalue weighted by atomic mass is 10.1. The number of benzene rings is 2. The molecule has 2 heterocycles. The third-order valence-corrected chi connectivity index (χ3v) is 5.72. The molecule has 1 saturated heterocycles. The van der Waals surface area contributed by atoms with E-state index in [-0.39, 0.29) is 17.7 Å². The van der Waals surface area contributed by atoms with E-state index in [4.69, 9.17) is 0 Å². The number of carbonyl (C=O) groups excluding carboxylic acids is 2. The number of fused-ring (bicyclic) bond motifs is 1. The third kappa shape index (κ3) is 2.93. The maximum atomic E-state index is 13.0. The van der Waals surface area contributed by atoms with E-state index in [1.165, 1.54) is 5.56 Å². The zero-order chi connectivity index (χ0) is 17.4. The first-order chi connectivity index (χ1) is 12.2. The molecule has 25 heavy (non-hydrogen) atoms. The van der Waals surface area contributed by atoms with Crippen LogP contribution in [0, 0.1) is 5.92 Å². The van der Waals surface area contributed by atoms with Crippen LogP contribution in [0.4, 0.5) is 11.4 Å². The molecule has 0 bridgehead atoms. The van der Waals surface area contributed by atoms with Crippen LogP contribution in [0.5, 0.6) is 0 Å². The molecular weight excluding hydrogens is 332 g/mol. The highest BCUT2D eigenvalue weighted by atomic mass is 32.2. The first kappa shape index (κ1) is 16.2. The molecule has 0 radical (unpaired) electrons. The lowest BCUT2D eigenvalue weighted by Gasteiger charge is -2.22. The fourth-order valence-electron chi connectivity index (χ4n) is 3.69. The number of hydrogen-bond acceptors (Lipinski definition) is 3. The van der Waals surface area contributed by atoms with Gasteiger partial charge in [0.2, 0.25) is 11.8 Å². The van der Waals surface area contributed by atoms with Gasteiger partial charge in [-0.25, -0.2) is 0 Å². The van der Waals surface area contributed by atoms with Gasteiger partial charge in [0.1, 0.15) is 0 Å². The minimum absolute atomic E-state index is 0.0316. The van der Waals surface area contributed by atoms with E-state index in [1.807, 2.05) is 53.6 Å². The van der Waals surface area contributed by atoms with Gasteiger partial charge >= 0.3 is 0 Å². The van der Waals surface area contributed by atoms with Crippen molar-refractivity contribution in [2.24, 2.45) is 5.92 Å². The monoisotopic (exact) mass is 352 g/mol. The molecule has 2 aliphatic rings. The molecule has 4 rings (SSSR count). The lowest BCUT2D eigenvalue weighted by molar-refractivity contribution is -0.124. The number of rotatable bonds is 3. The zero-order valence-electron chi connectivity index (χ0n) is 14.1. The first-order valence-electron chi connectivity index (χ1n) is 8.51. The minimum atomic E-state index is -0.267. The maximum Gasteiger partial charge on any atom is 0.232 e. The van der Waals surface area contributed by atoms with Crippen molar-refractivity contribution in [3.63, 3.8) is 0 Å². The summed E-state index contributed by atoms with van der Waals surface area (Å²) in [5.41, 5.74) is 3.10. The van der Waals surface area contributed by atoms with Crippen LogP contribution >= 0.6 is 11.8 Å². The Morgan fingerprint density at radius 3 is 2.84 bits per heavy atom. The average molecular weight is 352 g/mol. The van der Waals surface area contributed by atoms with Crippen molar-refractivity contribution in [3.8, 4) is 0 Å². The summed E-state index contributed by atoms with van der Waals surface area (Å²) < 4.78 is 0. The second-order valence-electron chi connectivity index (χ2n) is 6.48. The summed E-state index contributed by atoms with van der Waals surface area (Å²) in [6.45, 7) is 1.18. The van der Waals surface area contributed by atoms with Crippen LogP contribution in [0.2, 0.25) is 0 Å². The van der Waals surface area contributed by atoms with E-state index in [1.54, 1.807) is 16.7 Å². The first-order valence-corrected chi connectivity index (χ1v) is 9.73. The molecule has 1 atom stereocenters. The lowest BCUT2D eigenvalue weighted by Crippen LogP contribution is -2.36. The summed E-state index contributed by atoms with van der Waals surface area (Å²) >= 11 is 1.65. The largest absolute Gasteiger partial charge is 0.312 e. The van der Waals surface area contributed by atoms with Gasteiger partial charge in [-0.1, -0.05) is 24.3 Å². The molecule has 0 aliphatic carbocycles. The molecule has 5 heteroatoms. The fraction of sp³-hybridized carbons (Fsp3) is 0.300. The van der Waals surface area contributed by atoms with Crippen LogP contribution < -0.4 is 9.80 Å². The van der Waals surface area contributed by atoms with E-state index in [9.17, 15) is 9.59 Å². The van der Waals surface area contributed by atoms with E-state index in [2.05, 4.69) is 6.07 Å². The Morgan fingerprint density at radius 2 is 2.00 bits per heavy atom. The molecule has 0 saturated carbocycles. The van der Waals surface area contributed by atoms with Gasteiger partial charge in [0.05, 0.1) is 5.92 Å². The van der Waals surface area contributed by atoms with Gasteiger partial charge in [-0.3, -0.25) is 9.59 Å². The van der Waals surface area contributed by atoms with Gasteiger partial charge in [0.15, 0.2) is 0 Å².